The van der Waals surface area contributed by atoms with E-state index >= 15 is 0 Å². The summed E-state index contributed by atoms with van der Waals surface area (Å²) in [6.45, 7) is 1.75. The first-order chi connectivity index (χ1) is 7.95. The van der Waals surface area contributed by atoms with Crippen molar-refractivity contribution in [2.75, 3.05) is 20.6 Å². The fraction of sp³-hybridized carbons (Fsp3) is 0.333. The monoisotopic (exact) mass is 236 g/mol. The van der Waals surface area contributed by atoms with Crippen molar-refractivity contribution in [3.8, 4) is 5.75 Å². The zero-order valence-corrected chi connectivity index (χ0v) is 10.2. The normalized spacial score (nSPS) is 9.82. The topological polar surface area (TPSA) is 69.6 Å². The van der Waals surface area contributed by atoms with Crippen LogP contribution < -0.4 is 5.32 Å². The molecule has 0 aliphatic heterocycles. The van der Waals surface area contributed by atoms with E-state index in [1.54, 1.807) is 20.0 Å². The largest absolute Gasteiger partial charge is 0.508 e. The summed E-state index contributed by atoms with van der Waals surface area (Å²) in [5, 5.41) is 11.7. The number of carbonyl (C=O) groups is 2. The van der Waals surface area contributed by atoms with Crippen molar-refractivity contribution < 1.29 is 14.7 Å². The molecular formula is C12H16N2O3. The molecule has 0 bridgehead atoms. The lowest BCUT2D eigenvalue weighted by molar-refractivity contribution is -0.121. The molecule has 0 spiro atoms. The molecule has 92 valence electrons. The molecule has 0 radical (unpaired) electrons. The van der Waals surface area contributed by atoms with Gasteiger partial charge in [0.1, 0.15) is 5.75 Å². The number of nitrogens with zero attached hydrogens (tertiary/aromatic N) is 1. The molecule has 1 aromatic rings. The standard InChI is InChI=1S/C12H16N2O3/c1-8-6-9(15)4-5-10(8)12(17)14(3)7-11(16)13-2/h4-6,15H,7H2,1-3H3,(H,13,16). The van der Waals surface area contributed by atoms with E-state index in [1.165, 1.54) is 24.1 Å². The van der Waals surface area contributed by atoms with Gasteiger partial charge in [-0.2, -0.15) is 0 Å². The smallest absolute Gasteiger partial charge is 0.254 e. The molecule has 0 heterocycles. The van der Waals surface area contributed by atoms with Crippen LogP contribution in [0.2, 0.25) is 0 Å². The minimum Gasteiger partial charge on any atom is -0.508 e. The molecule has 0 aromatic heterocycles. The van der Waals surface area contributed by atoms with Crippen LogP contribution in [0.25, 0.3) is 0 Å². The fourth-order valence-corrected chi connectivity index (χ4v) is 1.46. The molecule has 1 rings (SSSR count). The van der Waals surface area contributed by atoms with Crippen molar-refractivity contribution in [1.82, 2.24) is 10.2 Å². The molecule has 0 saturated heterocycles. The molecule has 2 amide bonds. The number of likely N-dealkylation sites (N-methyl/N-ethyl adjacent to an activating group) is 2. The van der Waals surface area contributed by atoms with Crippen LogP contribution >= 0.6 is 0 Å². The molecule has 17 heavy (non-hydrogen) atoms. The van der Waals surface area contributed by atoms with Gasteiger partial charge >= 0.3 is 0 Å². The van der Waals surface area contributed by atoms with Gasteiger partial charge in [0.2, 0.25) is 5.91 Å². The summed E-state index contributed by atoms with van der Waals surface area (Å²) in [6.07, 6.45) is 0. The van der Waals surface area contributed by atoms with Gasteiger partial charge in [-0.25, -0.2) is 0 Å². The van der Waals surface area contributed by atoms with E-state index < -0.39 is 0 Å². The van der Waals surface area contributed by atoms with Crippen molar-refractivity contribution in [3.05, 3.63) is 29.3 Å². The van der Waals surface area contributed by atoms with Gasteiger partial charge < -0.3 is 15.3 Å². The Hall–Kier alpha value is -2.04. The molecule has 0 unspecified atom stereocenters. The number of amides is 2. The van der Waals surface area contributed by atoms with Gasteiger partial charge in [0.15, 0.2) is 0 Å². The number of hydrogen-bond donors (Lipinski definition) is 2. The highest BCUT2D eigenvalue weighted by atomic mass is 16.3. The quantitative estimate of drug-likeness (QED) is 0.803. The number of aromatic hydroxyl groups is 1. The summed E-state index contributed by atoms with van der Waals surface area (Å²) < 4.78 is 0. The Balaban J connectivity index is 2.85. The van der Waals surface area contributed by atoms with E-state index in [0.29, 0.717) is 11.1 Å². The molecule has 5 heteroatoms. The Kier molecular flexibility index (Phi) is 4.09. The maximum atomic E-state index is 12.0. The van der Waals surface area contributed by atoms with Gasteiger partial charge in [0.25, 0.3) is 5.91 Å². The van der Waals surface area contributed by atoms with Crippen LogP contribution in [0, 0.1) is 6.92 Å². The lowest BCUT2D eigenvalue weighted by Gasteiger charge is -2.17. The first-order valence-electron chi connectivity index (χ1n) is 5.21. The lowest BCUT2D eigenvalue weighted by Crippen LogP contribution is -2.37. The van der Waals surface area contributed by atoms with Crippen LogP contribution in [0.1, 0.15) is 15.9 Å². The van der Waals surface area contributed by atoms with Crippen LogP contribution in [0.3, 0.4) is 0 Å². The zero-order valence-electron chi connectivity index (χ0n) is 10.2. The highest BCUT2D eigenvalue weighted by Gasteiger charge is 2.16. The van der Waals surface area contributed by atoms with Gasteiger partial charge in [0, 0.05) is 19.7 Å². The average molecular weight is 236 g/mol. The Morgan fingerprint density at radius 2 is 2.06 bits per heavy atom. The van der Waals surface area contributed by atoms with Crippen LogP contribution in [-0.4, -0.2) is 42.5 Å². The van der Waals surface area contributed by atoms with Gasteiger partial charge in [0.05, 0.1) is 6.54 Å². The summed E-state index contributed by atoms with van der Waals surface area (Å²) in [7, 11) is 3.08. The van der Waals surface area contributed by atoms with Gasteiger partial charge in [-0.1, -0.05) is 0 Å². The highest BCUT2D eigenvalue weighted by molar-refractivity contribution is 5.97. The minimum atomic E-state index is -0.244. The lowest BCUT2D eigenvalue weighted by atomic mass is 10.1. The summed E-state index contributed by atoms with van der Waals surface area (Å²) in [4.78, 5) is 24.5. The van der Waals surface area contributed by atoms with Gasteiger partial charge in [-0.3, -0.25) is 9.59 Å². The number of nitrogens with one attached hydrogen (secondary N) is 1. The van der Waals surface area contributed by atoms with E-state index in [0.717, 1.165) is 0 Å². The summed E-state index contributed by atoms with van der Waals surface area (Å²) in [5.41, 5.74) is 1.16. The van der Waals surface area contributed by atoms with E-state index in [9.17, 15) is 14.7 Å². The molecule has 0 fully saturated rings. The van der Waals surface area contributed by atoms with Crippen LogP contribution in [0.4, 0.5) is 0 Å². The van der Waals surface area contributed by atoms with Crippen LogP contribution in [-0.2, 0) is 4.79 Å². The van der Waals surface area contributed by atoms with E-state index in [2.05, 4.69) is 5.32 Å². The van der Waals surface area contributed by atoms with Crippen molar-refractivity contribution in [1.29, 1.82) is 0 Å². The van der Waals surface area contributed by atoms with E-state index in [4.69, 9.17) is 0 Å². The summed E-state index contributed by atoms with van der Waals surface area (Å²) in [6, 6.07) is 4.52. The Morgan fingerprint density at radius 3 is 2.59 bits per heavy atom. The SMILES string of the molecule is CNC(=O)CN(C)C(=O)c1ccc(O)cc1C. The van der Waals surface area contributed by atoms with Crippen molar-refractivity contribution in [2.24, 2.45) is 0 Å². The third-order valence-electron chi connectivity index (χ3n) is 2.45. The van der Waals surface area contributed by atoms with Crippen LogP contribution in [0.15, 0.2) is 18.2 Å². The number of phenols is 1. The molecular weight excluding hydrogens is 220 g/mol. The molecule has 2 N–H and O–H groups in total. The highest BCUT2D eigenvalue weighted by Crippen LogP contribution is 2.16. The first-order valence-corrected chi connectivity index (χ1v) is 5.21. The second-order valence-corrected chi connectivity index (χ2v) is 3.83. The molecule has 0 aliphatic carbocycles. The Bertz CT molecular complexity index is 443. The predicted octanol–water partition coefficient (Wildman–Crippen LogP) is 0.519. The second kappa shape index (κ2) is 5.34. The average Bonchev–Trinajstić information content (AvgIpc) is 2.28. The van der Waals surface area contributed by atoms with Gasteiger partial charge in [-0.05, 0) is 30.7 Å². The maximum Gasteiger partial charge on any atom is 0.254 e. The third-order valence-corrected chi connectivity index (χ3v) is 2.45. The van der Waals surface area contributed by atoms with E-state index in [1.807, 2.05) is 0 Å². The minimum absolute atomic E-state index is 0.00957. The molecule has 5 nitrogen and oxygen atoms in total. The summed E-state index contributed by atoms with van der Waals surface area (Å²) >= 11 is 0. The third kappa shape index (κ3) is 3.21. The van der Waals surface area contributed by atoms with Crippen molar-refractivity contribution in [3.63, 3.8) is 0 Å². The number of phenolic OH excluding ortho intramolecular Hbond substituents is 1. The number of hydrogen-bond acceptors (Lipinski definition) is 3. The van der Waals surface area contributed by atoms with E-state index in [-0.39, 0.29) is 24.1 Å². The maximum absolute atomic E-state index is 12.0. The molecule has 0 atom stereocenters. The summed E-state index contributed by atoms with van der Waals surface area (Å²) in [5.74, 6) is -0.351. The predicted molar refractivity (Wildman–Crippen MR) is 63.9 cm³/mol. The molecule has 1 aromatic carbocycles. The zero-order chi connectivity index (χ0) is 13.0. The number of carbonyl (C=O) groups excluding carboxylic acids is 2. The Morgan fingerprint density at radius 1 is 1.41 bits per heavy atom. The molecule has 0 aliphatic rings. The first kappa shape index (κ1) is 13.0. The fourth-order valence-electron chi connectivity index (χ4n) is 1.46. The number of benzene rings is 1. The van der Waals surface area contributed by atoms with Crippen LogP contribution in [0.5, 0.6) is 5.75 Å². The molecule has 0 saturated carbocycles. The number of aryl methyl sites for hydroxylation is 1. The second-order valence-electron chi connectivity index (χ2n) is 3.83. The van der Waals surface area contributed by atoms with Gasteiger partial charge in [-0.15, -0.1) is 0 Å². The van der Waals surface area contributed by atoms with Crippen molar-refractivity contribution >= 4 is 11.8 Å². The van der Waals surface area contributed by atoms with Crippen molar-refractivity contribution in [2.45, 2.75) is 6.92 Å². The Labute approximate surface area is 100 Å². The number of rotatable bonds is 3.